The predicted molar refractivity (Wildman–Crippen MR) is 77.7 cm³/mol. The van der Waals surface area contributed by atoms with E-state index < -0.39 is 0 Å². The number of pyridine rings is 1. The Morgan fingerprint density at radius 3 is 2.95 bits per heavy atom. The second-order valence-corrected chi connectivity index (χ2v) is 4.87. The summed E-state index contributed by atoms with van der Waals surface area (Å²) in [4.78, 5) is 8.69. The van der Waals surface area contributed by atoms with Crippen molar-refractivity contribution in [2.24, 2.45) is 16.8 Å². The van der Waals surface area contributed by atoms with E-state index in [-0.39, 0.29) is 6.17 Å². The summed E-state index contributed by atoms with van der Waals surface area (Å²) in [6.07, 6.45) is 13.7. The molecule has 0 aromatic carbocycles. The highest BCUT2D eigenvalue weighted by molar-refractivity contribution is 5.78. The summed E-state index contributed by atoms with van der Waals surface area (Å²) >= 11 is 0. The first-order valence-electron chi connectivity index (χ1n) is 6.67. The molecule has 19 heavy (non-hydrogen) atoms. The molecule has 1 aliphatic heterocycles. The first-order valence-corrected chi connectivity index (χ1v) is 6.67. The van der Waals surface area contributed by atoms with Gasteiger partial charge in [0.15, 0.2) is 0 Å². The van der Waals surface area contributed by atoms with Gasteiger partial charge in [0.25, 0.3) is 0 Å². The number of hydrazine groups is 1. The predicted octanol–water partition coefficient (Wildman–Crippen LogP) is 2.53. The summed E-state index contributed by atoms with van der Waals surface area (Å²) < 4.78 is 0. The molecule has 3 atom stereocenters. The average molecular weight is 254 g/mol. The van der Waals surface area contributed by atoms with E-state index in [1.165, 1.54) is 6.42 Å². The third-order valence-electron chi connectivity index (χ3n) is 3.38. The maximum atomic E-state index is 4.41. The third-order valence-corrected chi connectivity index (χ3v) is 3.38. The Morgan fingerprint density at radius 1 is 1.26 bits per heavy atom. The van der Waals surface area contributed by atoms with Crippen molar-refractivity contribution >= 4 is 12.2 Å². The summed E-state index contributed by atoms with van der Waals surface area (Å²) in [5, 5.41) is 1.85. The minimum Gasteiger partial charge on any atom is -0.249 e. The lowest BCUT2D eigenvalue weighted by molar-refractivity contribution is 0.677. The van der Waals surface area contributed by atoms with Crippen LogP contribution in [0.25, 0.3) is 0 Å². The lowest BCUT2D eigenvalue weighted by Gasteiger charge is -2.14. The Labute approximate surface area is 113 Å². The lowest BCUT2D eigenvalue weighted by atomic mass is 10.2. The van der Waals surface area contributed by atoms with E-state index in [0.29, 0.717) is 5.92 Å². The van der Waals surface area contributed by atoms with Gasteiger partial charge in [-0.05, 0) is 43.4 Å². The van der Waals surface area contributed by atoms with E-state index in [1.54, 1.807) is 12.5 Å². The van der Waals surface area contributed by atoms with Crippen LogP contribution in [0.1, 0.15) is 13.3 Å². The minimum atomic E-state index is 0.0221. The minimum absolute atomic E-state index is 0.0221. The quantitative estimate of drug-likeness (QED) is 0.839. The van der Waals surface area contributed by atoms with Gasteiger partial charge in [0.2, 0.25) is 0 Å². The van der Waals surface area contributed by atoms with Crippen LogP contribution in [0.15, 0.2) is 53.7 Å². The zero-order valence-electron chi connectivity index (χ0n) is 11.0. The van der Waals surface area contributed by atoms with E-state index in [1.807, 2.05) is 23.2 Å². The van der Waals surface area contributed by atoms with E-state index in [4.69, 9.17) is 0 Å². The van der Waals surface area contributed by atoms with E-state index in [0.717, 1.165) is 11.7 Å². The van der Waals surface area contributed by atoms with E-state index in [2.05, 4.69) is 46.6 Å². The molecule has 1 saturated carbocycles. The van der Waals surface area contributed by atoms with Gasteiger partial charge in [-0.25, -0.2) is 15.0 Å². The van der Waals surface area contributed by atoms with Crippen molar-refractivity contribution in [2.45, 2.75) is 19.5 Å². The van der Waals surface area contributed by atoms with E-state index >= 15 is 0 Å². The second kappa shape index (κ2) is 5.36. The zero-order chi connectivity index (χ0) is 13.1. The van der Waals surface area contributed by atoms with Crippen molar-refractivity contribution in [1.82, 2.24) is 10.4 Å². The van der Waals surface area contributed by atoms with Crippen LogP contribution in [0.5, 0.6) is 0 Å². The molecule has 3 unspecified atom stereocenters. The number of nitrogens with zero attached hydrogens (tertiary/aromatic N) is 3. The fourth-order valence-corrected chi connectivity index (χ4v) is 2.24. The van der Waals surface area contributed by atoms with Crippen molar-refractivity contribution in [1.29, 1.82) is 0 Å². The van der Waals surface area contributed by atoms with Gasteiger partial charge < -0.3 is 0 Å². The molecular formula is C15H18N4. The fraction of sp³-hybridized carbons (Fsp3) is 0.333. The molecule has 0 amide bonds. The smallest absolute Gasteiger partial charge is 0.148 e. The van der Waals surface area contributed by atoms with Crippen molar-refractivity contribution in [3.63, 3.8) is 0 Å². The van der Waals surface area contributed by atoms with Crippen LogP contribution < -0.4 is 10.4 Å². The topological polar surface area (TPSA) is 40.5 Å². The molecule has 1 N–H and O–H groups in total. The third kappa shape index (κ3) is 2.90. The van der Waals surface area contributed by atoms with Crippen molar-refractivity contribution < 1.29 is 0 Å². The Kier molecular flexibility index (Phi) is 3.42. The molecule has 2 aliphatic rings. The van der Waals surface area contributed by atoms with Gasteiger partial charge in [-0.15, -0.1) is 0 Å². The van der Waals surface area contributed by atoms with Crippen LogP contribution in [-0.2, 0) is 0 Å². The Balaban J connectivity index is 1.53. The lowest BCUT2D eigenvalue weighted by Crippen LogP contribution is -2.36. The molecule has 1 aliphatic carbocycles. The summed E-state index contributed by atoms with van der Waals surface area (Å²) in [7, 11) is 0. The standard InChI is InChI=1S/C15H18N4/c1-2-5-12-10-13(12)7-8-14-17-11-19(18-14)15-6-3-4-9-16-15/h2-9,11-14,18H,10H2,1H3/b5-2-,8-7+. The Hall–Kier alpha value is -1.94. The first kappa shape index (κ1) is 12.1. The summed E-state index contributed by atoms with van der Waals surface area (Å²) in [6.45, 7) is 2.08. The van der Waals surface area contributed by atoms with Crippen LogP contribution in [-0.4, -0.2) is 17.5 Å². The zero-order valence-corrected chi connectivity index (χ0v) is 11.0. The van der Waals surface area contributed by atoms with Gasteiger partial charge in [-0.3, -0.25) is 0 Å². The van der Waals surface area contributed by atoms with Gasteiger partial charge in [0.05, 0.1) is 0 Å². The molecule has 2 heterocycles. The summed E-state index contributed by atoms with van der Waals surface area (Å²) in [5.74, 6) is 2.29. The molecule has 4 nitrogen and oxygen atoms in total. The largest absolute Gasteiger partial charge is 0.249 e. The van der Waals surface area contributed by atoms with Crippen LogP contribution in [0.4, 0.5) is 5.82 Å². The number of hydrogen-bond donors (Lipinski definition) is 1. The number of aliphatic imine (C=N–C) groups is 1. The summed E-state index contributed by atoms with van der Waals surface area (Å²) in [6, 6.07) is 5.82. The van der Waals surface area contributed by atoms with Crippen LogP contribution in [0.3, 0.4) is 0 Å². The number of rotatable bonds is 4. The molecule has 98 valence electrons. The van der Waals surface area contributed by atoms with Gasteiger partial charge in [0, 0.05) is 6.20 Å². The van der Waals surface area contributed by atoms with Crippen molar-refractivity contribution in [3.8, 4) is 0 Å². The van der Waals surface area contributed by atoms with Crippen LogP contribution >= 0.6 is 0 Å². The maximum Gasteiger partial charge on any atom is 0.148 e. The highest BCUT2D eigenvalue weighted by Crippen LogP contribution is 2.40. The number of hydrogen-bond acceptors (Lipinski definition) is 4. The molecule has 3 rings (SSSR count). The van der Waals surface area contributed by atoms with Gasteiger partial charge >= 0.3 is 0 Å². The van der Waals surface area contributed by atoms with Gasteiger partial charge in [-0.2, -0.15) is 5.43 Å². The molecule has 0 radical (unpaired) electrons. The molecule has 0 bridgehead atoms. The Bertz CT molecular complexity index is 506. The van der Waals surface area contributed by atoms with Crippen LogP contribution in [0.2, 0.25) is 0 Å². The first-order chi connectivity index (χ1) is 9.36. The Morgan fingerprint density at radius 2 is 2.16 bits per heavy atom. The number of aromatic nitrogens is 1. The van der Waals surface area contributed by atoms with Crippen molar-refractivity contribution in [2.75, 3.05) is 5.01 Å². The molecule has 1 aromatic rings. The molecular weight excluding hydrogens is 236 g/mol. The molecule has 1 aromatic heterocycles. The SMILES string of the molecule is C/C=C\C1CC1/C=C/C1N=CN(c2ccccn2)N1. The molecule has 4 heteroatoms. The molecule has 0 spiro atoms. The average Bonchev–Trinajstić information content (AvgIpc) is 3.02. The second-order valence-electron chi connectivity index (χ2n) is 4.87. The highest BCUT2D eigenvalue weighted by Gasteiger charge is 2.32. The normalized spacial score (nSPS) is 29.7. The fourth-order valence-electron chi connectivity index (χ4n) is 2.24. The van der Waals surface area contributed by atoms with Gasteiger partial charge in [0.1, 0.15) is 18.3 Å². The number of allylic oxidation sites excluding steroid dienone is 3. The molecule has 1 fully saturated rings. The maximum absolute atomic E-state index is 4.41. The van der Waals surface area contributed by atoms with Gasteiger partial charge in [-0.1, -0.05) is 24.3 Å². The van der Waals surface area contributed by atoms with Crippen molar-refractivity contribution in [3.05, 3.63) is 48.7 Å². The van der Waals surface area contributed by atoms with E-state index in [9.17, 15) is 0 Å². The highest BCUT2D eigenvalue weighted by atomic mass is 15.6. The number of nitrogens with one attached hydrogen (secondary N) is 1. The summed E-state index contributed by atoms with van der Waals surface area (Å²) in [5.41, 5.74) is 3.28. The monoisotopic (exact) mass is 254 g/mol. The number of anilines is 1. The molecule has 0 saturated heterocycles. The van der Waals surface area contributed by atoms with Crippen LogP contribution in [0, 0.1) is 11.8 Å².